The van der Waals surface area contributed by atoms with E-state index >= 15 is 0 Å². The van der Waals surface area contributed by atoms with Gasteiger partial charge >= 0.3 is 18.3 Å². The molecule has 194 valence electrons. The Morgan fingerprint density at radius 3 is 2.35 bits per heavy atom. The molecule has 0 aliphatic rings. The molecule has 0 aliphatic carbocycles. The van der Waals surface area contributed by atoms with Crippen LogP contribution >= 0.6 is 0 Å². The third-order valence-electron chi connectivity index (χ3n) is 4.91. The van der Waals surface area contributed by atoms with Crippen molar-refractivity contribution < 1.29 is 41.7 Å². The number of carbonyl (C=O) groups is 2. The van der Waals surface area contributed by atoms with Crippen LogP contribution < -0.4 is 25.7 Å². The van der Waals surface area contributed by atoms with E-state index in [1.807, 2.05) is 0 Å². The van der Waals surface area contributed by atoms with E-state index in [9.17, 15) is 22.8 Å². The standard InChI is InChI=1S/C26H23F3N2O6/c1-34-23-14-16(3-11-24(32)35-13-12-18-15-19(30)6-9-21(18)31)2-10-22(23)36-25(33)17-4-7-20(8-5-17)37-26(27,28)29/h2-11,14-15H,12-13,30-31H2,1H3. The molecule has 0 saturated carbocycles. The first-order valence-corrected chi connectivity index (χ1v) is 10.8. The van der Waals surface area contributed by atoms with Crippen LogP contribution in [0.3, 0.4) is 0 Å². The van der Waals surface area contributed by atoms with Gasteiger partial charge in [0, 0.05) is 23.9 Å². The summed E-state index contributed by atoms with van der Waals surface area (Å²) in [4.78, 5) is 24.4. The minimum Gasteiger partial charge on any atom is -0.493 e. The zero-order chi connectivity index (χ0) is 27.0. The van der Waals surface area contributed by atoms with Gasteiger partial charge in [0.15, 0.2) is 11.5 Å². The average Bonchev–Trinajstić information content (AvgIpc) is 2.85. The Labute approximate surface area is 210 Å². The maximum atomic E-state index is 12.4. The summed E-state index contributed by atoms with van der Waals surface area (Å²) in [6, 6.07) is 13.9. The fraction of sp³-hybridized carbons (Fsp3) is 0.154. The molecule has 0 aliphatic heterocycles. The lowest BCUT2D eigenvalue weighted by molar-refractivity contribution is -0.274. The first-order valence-electron chi connectivity index (χ1n) is 10.8. The summed E-state index contributed by atoms with van der Waals surface area (Å²) in [5.74, 6) is -1.59. The van der Waals surface area contributed by atoms with Crippen LogP contribution in [0, 0.1) is 0 Å². The van der Waals surface area contributed by atoms with Crippen molar-refractivity contribution >= 4 is 29.4 Å². The van der Waals surface area contributed by atoms with Crippen molar-refractivity contribution in [3.63, 3.8) is 0 Å². The fourth-order valence-electron chi connectivity index (χ4n) is 3.14. The second-order valence-electron chi connectivity index (χ2n) is 7.58. The first kappa shape index (κ1) is 26.9. The monoisotopic (exact) mass is 516 g/mol. The van der Waals surface area contributed by atoms with E-state index in [0.717, 1.165) is 29.8 Å². The highest BCUT2D eigenvalue weighted by atomic mass is 19.4. The first-order chi connectivity index (χ1) is 17.5. The van der Waals surface area contributed by atoms with E-state index in [4.69, 9.17) is 25.7 Å². The minimum atomic E-state index is -4.84. The molecule has 3 aromatic carbocycles. The summed E-state index contributed by atoms with van der Waals surface area (Å²) < 4.78 is 56.3. The predicted octanol–water partition coefficient (Wildman–Crippen LogP) is 4.78. The van der Waals surface area contributed by atoms with Gasteiger partial charge in [-0.1, -0.05) is 6.07 Å². The molecule has 4 N–H and O–H groups in total. The molecule has 0 unspecified atom stereocenters. The number of hydrogen-bond acceptors (Lipinski definition) is 8. The molecule has 0 fully saturated rings. The summed E-state index contributed by atoms with van der Waals surface area (Å²) >= 11 is 0. The molecule has 0 bridgehead atoms. The molecule has 0 atom stereocenters. The molecule has 3 rings (SSSR count). The van der Waals surface area contributed by atoms with Crippen molar-refractivity contribution in [2.75, 3.05) is 25.2 Å². The number of anilines is 2. The van der Waals surface area contributed by atoms with Crippen LogP contribution in [0.4, 0.5) is 24.5 Å². The molecule has 3 aromatic rings. The predicted molar refractivity (Wildman–Crippen MR) is 130 cm³/mol. The van der Waals surface area contributed by atoms with Gasteiger partial charge in [0.1, 0.15) is 5.75 Å². The summed E-state index contributed by atoms with van der Waals surface area (Å²) in [5, 5.41) is 0. The molecular formula is C26H23F3N2O6. The smallest absolute Gasteiger partial charge is 0.493 e. The van der Waals surface area contributed by atoms with Crippen molar-refractivity contribution in [2.24, 2.45) is 0 Å². The Balaban J connectivity index is 1.57. The zero-order valence-corrected chi connectivity index (χ0v) is 19.6. The number of benzene rings is 3. The number of nitrogens with two attached hydrogens (primary N) is 2. The highest BCUT2D eigenvalue weighted by molar-refractivity contribution is 5.91. The second-order valence-corrected chi connectivity index (χ2v) is 7.58. The van der Waals surface area contributed by atoms with E-state index in [0.29, 0.717) is 23.4 Å². The van der Waals surface area contributed by atoms with E-state index in [1.165, 1.54) is 31.4 Å². The third-order valence-corrected chi connectivity index (χ3v) is 4.91. The molecule has 0 saturated heterocycles. The summed E-state index contributed by atoms with van der Waals surface area (Å²) in [6.45, 7) is 0.109. The van der Waals surface area contributed by atoms with E-state index in [1.54, 1.807) is 24.3 Å². The third kappa shape index (κ3) is 8.20. The van der Waals surface area contributed by atoms with Gasteiger partial charge in [0.25, 0.3) is 0 Å². The van der Waals surface area contributed by atoms with Gasteiger partial charge in [-0.25, -0.2) is 9.59 Å². The topological polar surface area (TPSA) is 123 Å². The van der Waals surface area contributed by atoms with Crippen molar-refractivity contribution in [3.8, 4) is 17.2 Å². The number of carbonyl (C=O) groups excluding carboxylic acids is 2. The summed E-state index contributed by atoms with van der Waals surface area (Å²) in [5.41, 5.74) is 14.1. The summed E-state index contributed by atoms with van der Waals surface area (Å²) in [6.07, 6.45) is -1.71. The maximum Gasteiger partial charge on any atom is 0.573 e. The van der Waals surface area contributed by atoms with Gasteiger partial charge in [-0.05, 0) is 71.8 Å². The lowest BCUT2D eigenvalue weighted by Gasteiger charge is -2.11. The number of rotatable bonds is 9. The number of alkyl halides is 3. The highest BCUT2D eigenvalue weighted by Gasteiger charge is 2.31. The molecule has 0 radical (unpaired) electrons. The molecule has 0 spiro atoms. The van der Waals surface area contributed by atoms with E-state index in [2.05, 4.69) is 4.74 Å². The Bertz CT molecular complexity index is 1290. The van der Waals surface area contributed by atoms with Crippen LogP contribution in [0.5, 0.6) is 17.2 Å². The van der Waals surface area contributed by atoms with Crippen molar-refractivity contribution in [1.82, 2.24) is 0 Å². The van der Waals surface area contributed by atoms with Crippen LogP contribution in [-0.2, 0) is 16.0 Å². The SMILES string of the molecule is COc1cc(C=CC(=O)OCCc2cc(N)ccc2N)ccc1OC(=O)c1ccc(OC(F)(F)F)cc1. The number of ether oxygens (including phenoxy) is 4. The number of nitrogen functional groups attached to an aromatic ring is 2. The van der Waals surface area contributed by atoms with Gasteiger partial charge < -0.3 is 30.4 Å². The molecule has 37 heavy (non-hydrogen) atoms. The van der Waals surface area contributed by atoms with Gasteiger partial charge in [-0.3, -0.25) is 0 Å². The Hall–Kier alpha value is -4.67. The molecule has 0 amide bonds. The van der Waals surface area contributed by atoms with Crippen molar-refractivity contribution in [1.29, 1.82) is 0 Å². The van der Waals surface area contributed by atoms with Crippen LogP contribution in [0.1, 0.15) is 21.5 Å². The number of hydrogen-bond donors (Lipinski definition) is 2. The van der Waals surface area contributed by atoms with Gasteiger partial charge in [-0.15, -0.1) is 13.2 Å². The maximum absolute atomic E-state index is 12.4. The quantitative estimate of drug-likeness (QED) is 0.180. The minimum absolute atomic E-state index is 0.00300. The Kier molecular flexibility index (Phi) is 8.62. The second kappa shape index (κ2) is 11.8. The number of methoxy groups -OCH3 is 1. The zero-order valence-electron chi connectivity index (χ0n) is 19.6. The molecule has 11 heteroatoms. The van der Waals surface area contributed by atoms with Crippen molar-refractivity contribution in [3.05, 3.63) is 83.4 Å². The highest BCUT2D eigenvalue weighted by Crippen LogP contribution is 2.30. The molecular weight excluding hydrogens is 493 g/mol. The van der Waals surface area contributed by atoms with Crippen LogP contribution in [0.15, 0.2) is 66.7 Å². The van der Waals surface area contributed by atoms with E-state index < -0.39 is 24.1 Å². The van der Waals surface area contributed by atoms with Gasteiger partial charge in [0.05, 0.1) is 19.3 Å². The van der Waals surface area contributed by atoms with Crippen LogP contribution in [-0.4, -0.2) is 32.0 Å². The lowest BCUT2D eigenvalue weighted by Crippen LogP contribution is -2.17. The van der Waals surface area contributed by atoms with Crippen LogP contribution in [0.2, 0.25) is 0 Å². The van der Waals surface area contributed by atoms with Crippen LogP contribution in [0.25, 0.3) is 6.08 Å². The Morgan fingerprint density at radius 2 is 1.68 bits per heavy atom. The fourth-order valence-corrected chi connectivity index (χ4v) is 3.14. The normalized spacial score (nSPS) is 11.2. The van der Waals surface area contributed by atoms with Gasteiger partial charge in [0.2, 0.25) is 0 Å². The number of halogens is 3. The number of esters is 2. The lowest BCUT2D eigenvalue weighted by atomic mass is 10.1. The molecule has 0 heterocycles. The van der Waals surface area contributed by atoms with E-state index in [-0.39, 0.29) is 23.7 Å². The van der Waals surface area contributed by atoms with Gasteiger partial charge in [-0.2, -0.15) is 0 Å². The largest absolute Gasteiger partial charge is 0.573 e. The molecule has 0 aromatic heterocycles. The Morgan fingerprint density at radius 1 is 0.946 bits per heavy atom. The van der Waals surface area contributed by atoms with Crippen molar-refractivity contribution in [2.45, 2.75) is 12.8 Å². The summed E-state index contributed by atoms with van der Waals surface area (Å²) in [7, 11) is 1.36. The molecule has 8 nitrogen and oxygen atoms in total. The average molecular weight is 516 g/mol.